The number of benzene rings is 1. The molecule has 0 unspecified atom stereocenters. The second-order valence-corrected chi connectivity index (χ2v) is 7.98. The van der Waals surface area contributed by atoms with E-state index < -0.39 is 41.0 Å². The SMILES string of the molecule is COC(=O)CN(CC(=O)OC)C(=O)CCNS(=O)(=O)c1ccc2c(c1)OCCCO2. The van der Waals surface area contributed by atoms with Gasteiger partial charge in [-0.3, -0.25) is 14.4 Å². The Bertz CT molecular complexity index is 868. The summed E-state index contributed by atoms with van der Waals surface area (Å²) in [5.41, 5.74) is 0. The van der Waals surface area contributed by atoms with Gasteiger partial charge in [0.1, 0.15) is 13.1 Å². The number of rotatable bonds is 9. The third-order valence-corrected chi connectivity index (χ3v) is 5.57. The molecule has 1 aliphatic rings. The number of ether oxygens (including phenoxy) is 4. The van der Waals surface area contributed by atoms with Crippen molar-refractivity contribution in [3.63, 3.8) is 0 Å². The fraction of sp³-hybridized carbons (Fsp3) is 0.500. The third-order valence-electron chi connectivity index (χ3n) is 4.11. The van der Waals surface area contributed by atoms with Crippen molar-refractivity contribution in [2.24, 2.45) is 0 Å². The van der Waals surface area contributed by atoms with Crippen molar-refractivity contribution in [2.75, 3.05) is 47.1 Å². The van der Waals surface area contributed by atoms with Crippen LogP contribution in [0.3, 0.4) is 0 Å². The van der Waals surface area contributed by atoms with Crippen LogP contribution >= 0.6 is 0 Å². The van der Waals surface area contributed by atoms with Crippen LogP contribution in [0.4, 0.5) is 0 Å². The number of esters is 2. The first kappa shape index (κ1) is 23.4. The molecule has 1 N–H and O–H groups in total. The molecule has 0 atom stereocenters. The van der Waals surface area contributed by atoms with E-state index in [0.29, 0.717) is 31.1 Å². The molecule has 11 nitrogen and oxygen atoms in total. The summed E-state index contributed by atoms with van der Waals surface area (Å²) in [7, 11) is -1.63. The fourth-order valence-electron chi connectivity index (χ4n) is 2.52. The summed E-state index contributed by atoms with van der Waals surface area (Å²) in [6, 6.07) is 4.24. The molecule has 166 valence electrons. The number of methoxy groups -OCH3 is 2. The molecule has 12 heteroatoms. The lowest BCUT2D eigenvalue weighted by molar-refractivity contribution is -0.152. The Morgan fingerprint density at radius 1 is 1.03 bits per heavy atom. The van der Waals surface area contributed by atoms with E-state index in [9.17, 15) is 22.8 Å². The van der Waals surface area contributed by atoms with E-state index in [1.807, 2.05) is 0 Å². The van der Waals surface area contributed by atoms with Gasteiger partial charge in [0.05, 0.1) is 32.3 Å². The highest BCUT2D eigenvalue weighted by atomic mass is 32.2. The summed E-state index contributed by atoms with van der Waals surface area (Å²) in [5.74, 6) is -1.27. The molecule has 0 saturated heterocycles. The molecule has 30 heavy (non-hydrogen) atoms. The van der Waals surface area contributed by atoms with Gasteiger partial charge in [-0.2, -0.15) is 0 Å². The first-order valence-electron chi connectivity index (χ1n) is 9.07. The maximum absolute atomic E-state index is 12.5. The van der Waals surface area contributed by atoms with Crippen molar-refractivity contribution < 1.29 is 41.7 Å². The maximum atomic E-state index is 12.5. The number of sulfonamides is 1. The number of fused-ring (bicyclic) bond motifs is 1. The molecule has 0 fully saturated rings. The summed E-state index contributed by atoms with van der Waals surface area (Å²) in [5, 5.41) is 0. The summed E-state index contributed by atoms with van der Waals surface area (Å²) >= 11 is 0. The molecule has 1 heterocycles. The Morgan fingerprint density at radius 3 is 2.23 bits per heavy atom. The predicted octanol–water partition coefficient (Wildman–Crippen LogP) is -0.309. The molecule has 0 saturated carbocycles. The van der Waals surface area contributed by atoms with Gasteiger partial charge in [-0.05, 0) is 12.1 Å². The second kappa shape index (κ2) is 10.8. The quantitative estimate of drug-likeness (QED) is 0.508. The number of hydrogen-bond acceptors (Lipinski definition) is 9. The zero-order valence-electron chi connectivity index (χ0n) is 16.7. The molecule has 0 aliphatic carbocycles. The minimum atomic E-state index is -3.92. The van der Waals surface area contributed by atoms with Crippen LogP contribution in [0.5, 0.6) is 11.5 Å². The Morgan fingerprint density at radius 2 is 1.63 bits per heavy atom. The zero-order valence-corrected chi connectivity index (χ0v) is 17.5. The number of carbonyl (C=O) groups is 3. The van der Waals surface area contributed by atoms with Crippen molar-refractivity contribution in [2.45, 2.75) is 17.7 Å². The number of carbonyl (C=O) groups excluding carboxylic acids is 3. The molecule has 0 radical (unpaired) electrons. The van der Waals surface area contributed by atoms with Gasteiger partial charge in [0.25, 0.3) is 0 Å². The largest absolute Gasteiger partial charge is 0.490 e. The molecular formula is C18H24N2O9S. The minimum absolute atomic E-state index is 0.0415. The molecule has 1 aromatic rings. The van der Waals surface area contributed by atoms with Gasteiger partial charge in [-0.15, -0.1) is 0 Å². The number of nitrogens with one attached hydrogen (secondary N) is 1. The second-order valence-electron chi connectivity index (χ2n) is 6.21. The smallest absolute Gasteiger partial charge is 0.325 e. The standard InChI is InChI=1S/C18H24N2O9S/c1-26-17(22)11-20(12-18(23)27-2)16(21)6-7-19-30(24,25)13-4-5-14-15(10-13)29-9-3-8-28-14/h4-5,10,19H,3,6-9,11-12H2,1-2H3. The van der Waals surface area contributed by atoms with Gasteiger partial charge < -0.3 is 23.8 Å². The minimum Gasteiger partial charge on any atom is -0.490 e. The van der Waals surface area contributed by atoms with Crippen LogP contribution in [0.2, 0.25) is 0 Å². The van der Waals surface area contributed by atoms with E-state index in [0.717, 1.165) is 19.1 Å². The van der Waals surface area contributed by atoms with Gasteiger partial charge in [0.2, 0.25) is 15.9 Å². The molecule has 2 rings (SSSR count). The van der Waals surface area contributed by atoms with E-state index in [2.05, 4.69) is 14.2 Å². The van der Waals surface area contributed by atoms with E-state index in [-0.39, 0.29) is 17.9 Å². The monoisotopic (exact) mass is 444 g/mol. The fourth-order valence-corrected chi connectivity index (χ4v) is 3.56. The highest BCUT2D eigenvalue weighted by molar-refractivity contribution is 7.89. The van der Waals surface area contributed by atoms with Crippen LogP contribution < -0.4 is 14.2 Å². The summed E-state index contributed by atoms with van der Waals surface area (Å²) in [6.07, 6.45) is 0.405. The lowest BCUT2D eigenvalue weighted by Gasteiger charge is -2.20. The highest BCUT2D eigenvalue weighted by Gasteiger charge is 2.23. The van der Waals surface area contributed by atoms with E-state index in [1.165, 1.54) is 18.2 Å². The summed E-state index contributed by atoms with van der Waals surface area (Å²) < 4.78 is 47.3. The van der Waals surface area contributed by atoms with Crippen LogP contribution in [0.15, 0.2) is 23.1 Å². The summed E-state index contributed by atoms with van der Waals surface area (Å²) in [4.78, 5) is 36.1. The average Bonchev–Trinajstić information content (AvgIpc) is 2.97. The number of hydrogen-bond donors (Lipinski definition) is 1. The Balaban J connectivity index is 1.99. The van der Waals surface area contributed by atoms with Crippen molar-refractivity contribution in [1.29, 1.82) is 0 Å². The number of nitrogens with zero attached hydrogens (tertiary/aromatic N) is 1. The van der Waals surface area contributed by atoms with Crippen molar-refractivity contribution >= 4 is 27.9 Å². The van der Waals surface area contributed by atoms with E-state index in [1.54, 1.807) is 0 Å². The van der Waals surface area contributed by atoms with Crippen molar-refractivity contribution in [1.82, 2.24) is 9.62 Å². The maximum Gasteiger partial charge on any atom is 0.325 e. The summed E-state index contributed by atoms with van der Waals surface area (Å²) in [6.45, 7) is -0.269. The van der Waals surface area contributed by atoms with Gasteiger partial charge in [-0.25, -0.2) is 13.1 Å². The van der Waals surface area contributed by atoms with E-state index >= 15 is 0 Å². The van der Waals surface area contributed by atoms with Gasteiger partial charge >= 0.3 is 11.9 Å². The molecule has 1 amide bonds. The van der Waals surface area contributed by atoms with Crippen LogP contribution in [0.25, 0.3) is 0 Å². The molecular weight excluding hydrogens is 420 g/mol. The number of amides is 1. The van der Waals surface area contributed by atoms with Gasteiger partial charge in [-0.1, -0.05) is 0 Å². The third kappa shape index (κ3) is 6.59. The Hall–Kier alpha value is -2.86. The lowest BCUT2D eigenvalue weighted by Crippen LogP contribution is -2.41. The molecule has 0 spiro atoms. The van der Waals surface area contributed by atoms with Crippen molar-refractivity contribution in [3.8, 4) is 11.5 Å². The van der Waals surface area contributed by atoms with Crippen LogP contribution in [-0.4, -0.2) is 78.2 Å². The van der Waals surface area contributed by atoms with Crippen LogP contribution in [0.1, 0.15) is 12.8 Å². The Labute approximate surface area is 174 Å². The lowest BCUT2D eigenvalue weighted by atomic mass is 10.3. The van der Waals surface area contributed by atoms with Gasteiger partial charge in [0.15, 0.2) is 11.5 Å². The molecule has 1 aliphatic heterocycles. The normalized spacial score (nSPS) is 13.1. The Kier molecular flexibility index (Phi) is 8.42. The van der Waals surface area contributed by atoms with Crippen LogP contribution in [0, 0.1) is 0 Å². The van der Waals surface area contributed by atoms with Gasteiger partial charge in [0, 0.05) is 25.5 Å². The first-order valence-corrected chi connectivity index (χ1v) is 10.6. The average molecular weight is 444 g/mol. The van der Waals surface area contributed by atoms with Crippen molar-refractivity contribution in [3.05, 3.63) is 18.2 Å². The van der Waals surface area contributed by atoms with Crippen LogP contribution in [-0.2, 0) is 33.9 Å². The first-order chi connectivity index (χ1) is 14.3. The molecule has 0 aromatic heterocycles. The predicted molar refractivity (Wildman–Crippen MR) is 102 cm³/mol. The topological polar surface area (TPSA) is 138 Å². The molecule has 1 aromatic carbocycles. The van der Waals surface area contributed by atoms with E-state index in [4.69, 9.17) is 9.47 Å². The zero-order chi connectivity index (χ0) is 22.1. The highest BCUT2D eigenvalue weighted by Crippen LogP contribution is 2.31. The molecule has 0 bridgehead atoms.